The van der Waals surface area contributed by atoms with Crippen molar-refractivity contribution in [2.24, 2.45) is 0 Å². The Morgan fingerprint density at radius 1 is 1.38 bits per heavy atom. The topological polar surface area (TPSA) is 106 Å². The van der Waals surface area contributed by atoms with Gasteiger partial charge in [0.05, 0.1) is 16.5 Å². The van der Waals surface area contributed by atoms with Crippen molar-refractivity contribution in [1.82, 2.24) is 4.72 Å². The zero-order valence-corrected chi connectivity index (χ0v) is 13.9. The molecule has 3 N–H and O–H groups in total. The molecule has 0 spiro atoms. The normalized spacial score (nSPS) is 22.1. The molecule has 0 aromatic heterocycles. The monoisotopic (exact) mass is 352 g/mol. The summed E-state index contributed by atoms with van der Waals surface area (Å²) in [5.41, 5.74) is 6.71. The SMILES string of the molecule is Cc1cc(Cl)c(S(=O)(=O)NC2CCCS(=O)(=O)C2)cc1N. The van der Waals surface area contributed by atoms with E-state index < -0.39 is 25.9 Å². The standard InChI is InChI=1S/C12H17ClN2O4S2/c1-8-5-10(13)12(6-11(8)14)21(18,19)15-9-3-2-4-20(16,17)7-9/h5-6,9,15H,2-4,7,14H2,1H3. The third-order valence-electron chi connectivity index (χ3n) is 3.39. The van der Waals surface area contributed by atoms with E-state index >= 15 is 0 Å². The Morgan fingerprint density at radius 3 is 2.67 bits per heavy atom. The Balaban J connectivity index is 2.29. The molecule has 0 amide bonds. The molecule has 1 fully saturated rings. The minimum atomic E-state index is -3.91. The van der Waals surface area contributed by atoms with Gasteiger partial charge in [-0.2, -0.15) is 0 Å². The Hall–Kier alpha value is -0.830. The first-order valence-corrected chi connectivity index (χ1v) is 10.1. The fourth-order valence-corrected chi connectivity index (χ4v) is 5.90. The second-order valence-corrected chi connectivity index (χ2v) is 9.53. The minimum Gasteiger partial charge on any atom is -0.398 e. The number of nitrogens with one attached hydrogen (secondary N) is 1. The molecule has 0 saturated carbocycles. The third-order valence-corrected chi connectivity index (χ3v) is 7.20. The molecule has 21 heavy (non-hydrogen) atoms. The molecule has 0 aliphatic carbocycles. The van der Waals surface area contributed by atoms with Crippen molar-refractivity contribution in [3.05, 3.63) is 22.7 Å². The molecule has 1 aliphatic heterocycles. The molecule has 1 unspecified atom stereocenters. The summed E-state index contributed by atoms with van der Waals surface area (Å²) in [5, 5.41) is 0.0628. The lowest BCUT2D eigenvalue weighted by Gasteiger charge is -2.23. The van der Waals surface area contributed by atoms with Crippen LogP contribution in [0.15, 0.2) is 17.0 Å². The maximum Gasteiger partial charge on any atom is 0.242 e. The van der Waals surface area contributed by atoms with Crippen molar-refractivity contribution in [3.63, 3.8) is 0 Å². The molecule has 1 aromatic rings. The van der Waals surface area contributed by atoms with Crippen LogP contribution in [-0.4, -0.2) is 34.4 Å². The highest BCUT2D eigenvalue weighted by molar-refractivity contribution is 7.91. The van der Waals surface area contributed by atoms with Crippen molar-refractivity contribution >= 4 is 37.1 Å². The quantitative estimate of drug-likeness (QED) is 0.792. The molecular weight excluding hydrogens is 336 g/mol. The van der Waals surface area contributed by atoms with Crippen LogP contribution < -0.4 is 10.5 Å². The average Bonchev–Trinajstić information content (AvgIpc) is 2.31. The van der Waals surface area contributed by atoms with Gasteiger partial charge in [-0.1, -0.05) is 11.6 Å². The molecule has 6 nitrogen and oxygen atoms in total. The van der Waals surface area contributed by atoms with E-state index in [1.165, 1.54) is 12.1 Å². The highest BCUT2D eigenvalue weighted by Gasteiger charge is 2.29. The number of nitrogen functional groups attached to an aromatic ring is 1. The summed E-state index contributed by atoms with van der Waals surface area (Å²) in [6, 6.07) is 2.13. The maximum atomic E-state index is 12.3. The maximum absolute atomic E-state index is 12.3. The summed E-state index contributed by atoms with van der Waals surface area (Å²) in [7, 11) is -7.10. The molecule has 1 heterocycles. The number of hydrogen-bond acceptors (Lipinski definition) is 5. The summed E-state index contributed by atoms with van der Waals surface area (Å²) in [6.45, 7) is 1.72. The molecule has 0 radical (unpaired) electrons. The average molecular weight is 353 g/mol. The second kappa shape index (κ2) is 5.75. The van der Waals surface area contributed by atoms with Gasteiger partial charge in [-0.3, -0.25) is 0 Å². The number of benzene rings is 1. The van der Waals surface area contributed by atoms with Gasteiger partial charge in [0.15, 0.2) is 9.84 Å². The van der Waals surface area contributed by atoms with Gasteiger partial charge < -0.3 is 5.73 Å². The number of halogens is 1. The Labute approximate surface area is 129 Å². The molecule has 1 aromatic carbocycles. The first kappa shape index (κ1) is 16.5. The lowest BCUT2D eigenvalue weighted by Crippen LogP contribution is -2.43. The van der Waals surface area contributed by atoms with Gasteiger partial charge in [-0.05, 0) is 37.5 Å². The Morgan fingerprint density at radius 2 is 2.05 bits per heavy atom. The van der Waals surface area contributed by atoms with E-state index in [0.717, 1.165) is 0 Å². The Kier molecular flexibility index (Phi) is 4.53. The van der Waals surface area contributed by atoms with Crippen LogP contribution in [0.2, 0.25) is 5.02 Å². The van der Waals surface area contributed by atoms with Gasteiger partial charge >= 0.3 is 0 Å². The van der Waals surface area contributed by atoms with Gasteiger partial charge in [0, 0.05) is 11.7 Å². The predicted molar refractivity (Wildman–Crippen MR) is 82.6 cm³/mol. The van der Waals surface area contributed by atoms with Crippen molar-refractivity contribution in [2.45, 2.75) is 30.7 Å². The minimum absolute atomic E-state index is 0.0628. The summed E-state index contributed by atoms with van der Waals surface area (Å²) < 4.78 is 50.2. The summed E-state index contributed by atoms with van der Waals surface area (Å²) in [4.78, 5) is -0.129. The molecule has 1 saturated heterocycles. The number of sulfone groups is 1. The lowest BCUT2D eigenvalue weighted by atomic mass is 10.2. The van der Waals surface area contributed by atoms with Gasteiger partial charge in [-0.25, -0.2) is 21.6 Å². The third kappa shape index (κ3) is 3.88. The smallest absolute Gasteiger partial charge is 0.242 e. The largest absolute Gasteiger partial charge is 0.398 e. The zero-order valence-electron chi connectivity index (χ0n) is 11.5. The van der Waals surface area contributed by atoms with Gasteiger partial charge in [0.2, 0.25) is 10.0 Å². The van der Waals surface area contributed by atoms with Crippen LogP contribution in [0.1, 0.15) is 18.4 Å². The van der Waals surface area contributed by atoms with Crippen molar-refractivity contribution in [1.29, 1.82) is 0 Å². The van der Waals surface area contributed by atoms with Crippen molar-refractivity contribution in [3.8, 4) is 0 Å². The van der Waals surface area contributed by atoms with Crippen LogP contribution in [0.5, 0.6) is 0 Å². The van der Waals surface area contributed by atoms with Crippen LogP contribution >= 0.6 is 11.6 Å². The second-order valence-electron chi connectivity index (χ2n) is 5.21. The van der Waals surface area contributed by atoms with Gasteiger partial charge in [0.25, 0.3) is 0 Å². The fraction of sp³-hybridized carbons (Fsp3) is 0.500. The van der Waals surface area contributed by atoms with Crippen LogP contribution in [-0.2, 0) is 19.9 Å². The summed E-state index contributed by atoms with van der Waals surface area (Å²) in [6.07, 6.45) is 0.927. The predicted octanol–water partition coefficient (Wildman–Crippen LogP) is 1.09. The molecule has 2 rings (SSSR count). The molecule has 0 bridgehead atoms. The molecule has 9 heteroatoms. The number of anilines is 1. The first-order chi connectivity index (χ1) is 9.61. The number of nitrogens with two attached hydrogens (primary N) is 1. The van der Waals surface area contributed by atoms with E-state index in [1.54, 1.807) is 6.92 Å². The van der Waals surface area contributed by atoms with Gasteiger partial charge in [0.1, 0.15) is 4.90 Å². The van der Waals surface area contributed by atoms with Crippen LogP contribution in [0, 0.1) is 6.92 Å². The van der Waals surface area contributed by atoms with Crippen LogP contribution in [0.4, 0.5) is 5.69 Å². The number of aryl methyl sites for hydroxylation is 1. The van der Waals surface area contributed by atoms with E-state index in [4.69, 9.17) is 17.3 Å². The van der Waals surface area contributed by atoms with Crippen molar-refractivity contribution < 1.29 is 16.8 Å². The number of rotatable bonds is 3. The molecular formula is C12H17ClN2O4S2. The number of hydrogen-bond donors (Lipinski definition) is 2. The fourth-order valence-electron chi connectivity index (χ4n) is 2.27. The highest BCUT2D eigenvalue weighted by Crippen LogP contribution is 2.27. The summed E-state index contributed by atoms with van der Waals surface area (Å²) >= 11 is 5.97. The first-order valence-electron chi connectivity index (χ1n) is 6.39. The van der Waals surface area contributed by atoms with E-state index in [-0.39, 0.29) is 21.4 Å². The highest BCUT2D eigenvalue weighted by atomic mass is 35.5. The van der Waals surface area contributed by atoms with E-state index in [9.17, 15) is 16.8 Å². The van der Waals surface area contributed by atoms with Crippen LogP contribution in [0.25, 0.3) is 0 Å². The number of sulfonamides is 1. The Bertz CT molecular complexity index is 760. The van der Waals surface area contributed by atoms with E-state index in [0.29, 0.717) is 24.1 Å². The van der Waals surface area contributed by atoms with E-state index in [2.05, 4.69) is 4.72 Å². The molecule has 118 valence electrons. The zero-order chi connectivity index (χ0) is 15.8. The van der Waals surface area contributed by atoms with Crippen molar-refractivity contribution in [2.75, 3.05) is 17.2 Å². The molecule has 1 aliphatic rings. The van der Waals surface area contributed by atoms with Crippen LogP contribution in [0.3, 0.4) is 0 Å². The molecule has 1 atom stereocenters. The van der Waals surface area contributed by atoms with E-state index in [1.807, 2.05) is 0 Å². The van der Waals surface area contributed by atoms with Gasteiger partial charge in [-0.15, -0.1) is 0 Å². The lowest BCUT2D eigenvalue weighted by molar-refractivity contribution is 0.517. The summed E-state index contributed by atoms with van der Waals surface area (Å²) in [5.74, 6) is -0.0886.